The molecule has 3 aromatic rings. The van der Waals surface area contributed by atoms with E-state index < -0.39 is 0 Å². The Morgan fingerprint density at radius 2 is 1.97 bits per heavy atom. The van der Waals surface area contributed by atoms with Crippen LogP contribution in [0.5, 0.6) is 0 Å². The minimum absolute atomic E-state index is 0.00516. The van der Waals surface area contributed by atoms with Gasteiger partial charge in [-0.3, -0.25) is 14.2 Å². The minimum atomic E-state index is -0.0213. The first-order valence-electron chi connectivity index (χ1n) is 10.5. The molecule has 0 atom stereocenters. The summed E-state index contributed by atoms with van der Waals surface area (Å²) in [7, 11) is 0. The summed E-state index contributed by atoms with van der Waals surface area (Å²) in [6.07, 6.45) is 4.38. The topological polar surface area (TPSA) is 90.0 Å². The molecule has 0 aliphatic heterocycles. The van der Waals surface area contributed by atoms with Crippen LogP contribution in [0.15, 0.2) is 52.2 Å². The van der Waals surface area contributed by atoms with Gasteiger partial charge in [-0.1, -0.05) is 25.6 Å². The molecule has 1 aromatic carbocycles. The molecule has 0 spiro atoms. The predicted molar refractivity (Wildman–Crippen MR) is 119 cm³/mol. The third kappa shape index (κ3) is 5.64. The van der Waals surface area contributed by atoms with Crippen LogP contribution in [0.4, 0.5) is 5.69 Å². The lowest BCUT2D eigenvalue weighted by Gasteiger charge is -2.09. The van der Waals surface area contributed by atoms with Crippen LogP contribution >= 0.6 is 11.8 Å². The standard InChI is InChI=1S/C23H26N4O3S/c1-15(2)12-21(29)24-18-9-7-16(8-10-18)20(28)14-31-23-26-25-22(17-5-6-17)27(23)13-19-4-3-11-30-19/h3-4,7-11,15,17H,5-6,12-14H2,1-2H3,(H,24,29). The number of nitrogens with one attached hydrogen (secondary N) is 1. The summed E-state index contributed by atoms with van der Waals surface area (Å²) in [5.74, 6) is 2.80. The lowest BCUT2D eigenvalue weighted by atomic mass is 10.1. The first-order chi connectivity index (χ1) is 15.0. The molecule has 162 valence electrons. The highest BCUT2D eigenvalue weighted by Crippen LogP contribution is 2.40. The number of hydrogen-bond donors (Lipinski definition) is 1. The van der Waals surface area contributed by atoms with Gasteiger partial charge in [-0.2, -0.15) is 0 Å². The molecule has 1 N–H and O–H groups in total. The number of amides is 1. The minimum Gasteiger partial charge on any atom is -0.467 e. The van der Waals surface area contributed by atoms with Crippen molar-refractivity contribution in [2.24, 2.45) is 5.92 Å². The average Bonchev–Trinajstić information content (AvgIpc) is 3.30. The van der Waals surface area contributed by atoms with Gasteiger partial charge in [0.15, 0.2) is 10.9 Å². The number of rotatable bonds is 10. The van der Waals surface area contributed by atoms with Gasteiger partial charge in [0.1, 0.15) is 11.6 Å². The summed E-state index contributed by atoms with van der Waals surface area (Å²) in [4.78, 5) is 24.6. The number of carbonyl (C=O) groups excluding carboxylic acids is 2. The van der Waals surface area contributed by atoms with Gasteiger partial charge in [-0.25, -0.2) is 0 Å². The van der Waals surface area contributed by atoms with Crippen LogP contribution in [0.1, 0.15) is 61.0 Å². The van der Waals surface area contributed by atoms with Crippen molar-refractivity contribution < 1.29 is 14.0 Å². The Kier molecular flexibility index (Phi) is 6.56. The van der Waals surface area contributed by atoms with Gasteiger partial charge >= 0.3 is 0 Å². The van der Waals surface area contributed by atoms with Gasteiger partial charge in [0.05, 0.1) is 18.6 Å². The molecule has 2 aromatic heterocycles. The van der Waals surface area contributed by atoms with Crippen LogP contribution in [0.3, 0.4) is 0 Å². The molecule has 4 rings (SSSR count). The Morgan fingerprint density at radius 3 is 2.61 bits per heavy atom. The highest BCUT2D eigenvalue weighted by molar-refractivity contribution is 7.99. The van der Waals surface area contributed by atoms with E-state index in [1.807, 2.05) is 26.0 Å². The van der Waals surface area contributed by atoms with Gasteiger partial charge in [0.25, 0.3) is 0 Å². The predicted octanol–water partition coefficient (Wildman–Crippen LogP) is 4.76. The quantitative estimate of drug-likeness (QED) is 0.363. The van der Waals surface area contributed by atoms with Crippen molar-refractivity contribution in [3.05, 3.63) is 59.8 Å². The van der Waals surface area contributed by atoms with Crippen LogP contribution in [-0.4, -0.2) is 32.2 Å². The van der Waals surface area contributed by atoms with E-state index >= 15 is 0 Å². The maximum absolute atomic E-state index is 12.7. The van der Waals surface area contributed by atoms with Gasteiger partial charge < -0.3 is 9.73 Å². The third-order valence-electron chi connectivity index (χ3n) is 5.00. The summed E-state index contributed by atoms with van der Waals surface area (Å²) in [5.41, 5.74) is 1.30. The van der Waals surface area contributed by atoms with Crippen molar-refractivity contribution in [1.82, 2.24) is 14.8 Å². The molecule has 0 radical (unpaired) electrons. The molecule has 0 unspecified atom stereocenters. The molecule has 1 aliphatic carbocycles. The number of anilines is 1. The number of ketones is 1. The monoisotopic (exact) mass is 438 g/mol. The molecule has 1 fully saturated rings. The van der Waals surface area contributed by atoms with Gasteiger partial charge in [-0.05, 0) is 55.2 Å². The van der Waals surface area contributed by atoms with E-state index in [0.717, 1.165) is 29.6 Å². The fourth-order valence-corrected chi connectivity index (χ4v) is 4.13. The fourth-order valence-electron chi connectivity index (χ4n) is 3.29. The normalized spacial score (nSPS) is 13.5. The van der Waals surface area contributed by atoms with E-state index in [4.69, 9.17) is 4.42 Å². The number of Topliss-reactive ketones (excluding diaryl/α,β-unsaturated/α-hetero) is 1. The summed E-state index contributed by atoms with van der Waals surface area (Å²) in [6.45, 7) is 4.57. The molecule has 1 amide bonds. The van der Waals surface area contributed by atoms with Crippen molar-refractivity contribution in [2.75, 3.05) is 11.1 Å². The molecule has 2 heterocycles. The Hall–Kier alpha value is -2.87. The molecule has 0 bridgehead atoms. The number of hydrogen-bond acceptors (Lipinski definition) is 6. The molecule has 31 heavy (non-hydrogen) atoms. The van der Waals surface area contributed by atoms with E-state index in [0.29, 0.717) is 36.1 Å². The Bertz CT molecular complexity index is 1040. The zero-order chi connectivity index (χ0) is 21.8. The number of thioether (sulfide) groups is 1. The Labute approximate surface area is 185 Å². The molecule has 8 heteroatoms. The maximum atomic E-state index is 12.7. The number of carbonyl (C=O) groups is 2. The maximum Gasteiger partial charge on any atom is 0.224 e. The number of nitrogens with zero attached hydrogens (tertiary/aromatic N) is 3. The number of aromatic nitrogens is 3. The van der Waals surface area contributed by atoms with Crippen molar-refractivity contribution in [1.29, 1.82) is 0 Å². The van der Waals surface area contributed by atoms with Crippen LogP contribution in [-0.2, 0) is 11.3 Å². The van der Waals surface area contributed by atoms with E-state index in [9.17, 15) is 9.59 Å². The highest BCUT2D eigenvalue weighted by Gasteiger charge is 2.30. The van der Waals surface area contributed by atoms with Crippen molar-refractivity contribution in [3.8, 4) is 0 Å². The van der Waals surface area contributed by atoms with Gasteiger partial charge in [0, 0.05) is 23.6 Å². The van der Waals surface area contributed by atoms with Crippen LogP contribution in [0.2, 0.25) is 0 Å². The molecule has 1 saturated carbocycles. The van der Waals surface area contributed by atoms with Crippen molar-refractivity contribution in [3.63, 3.8) is 0 Å². The van der Waals surface area contributed by atoms with Crippen molar-refractivity contribution >= 4 is 29.1 Å². The Morgan fingerprint density at radius 1 is 1.19 bits per heavy atom. The fraction of sp³-hybridized carbons (Fsp3) is 0.391. The summed E-state index contributed by atoms with van der Waals surface area (Å²) in [6, 6.07) is 10.8. The summed E-state index contributed by atoms with van der Waals surface area (Å²) in [5, 5.41) is 12.3. The van der Waals surface area contributed by atoms with E-state index in [2.05, 4.69) is 20.1 Å². The summed E-state index contributed by atoms with van der Waals surface area (Å²) >= 11 is 1.39. The smallest absolute Gasteiger partial charge is 0.224 e. The first-order valence-corrected chi connectivity index (χ1v) is 11.5. The lowest BCUT2D eigenvalue weighted by molar-refractivity contribution is -0.116. The average molecular weight is 439 g/mol. The first kappa shape index (κ1) is 21.4. The molecular formula is C23H26N4O3S. The van der Waals surface area contributed by atoms with E-state index in [1.165, 1.54) is 11.8 Å². The third-order valence-corrected chi connectivity index (χ3v) is 5.97. The van der Waals surface area contributed by atoms with Crippen LogP contribution in [0, 0.1) is 5.92 Å². The number of benzene rings is 1. The van der Waals surface area contributed by atoms with Crippen LogP contribution in [0.25, 0.3) is 0 Å². The molecule has 0 saturated heterocycles. The van der Waals surface area contributed by atoms with E-state index in [-0.39, 0.29) is 17.4 Å². The SMILES string of the molecule is CC(C)CC(=O)Nc1ccc(C(=O)CSc2nnc(C3CC3)n2Cc2ccco2)cc1. The zero-order valence-corrected chi connectivity index (χ0v) is 18.5. The largest absolute Gasteiger partial charge is 0.467 e. The highest BCUT2D eigenvalue weighted by atomic mass is 32.2. The van der Waals surface area contributed by atoms with E-state index in [1.54, 1.807) is 30.5 Å². The molecule has 7 nitrogen and oxygen atoms in total. The lowest BCUT2D eigenvalue weighted by Crippen LogP contribution is -2.14. The Balaban J connectivity index is 1.38. The second-order valence-corrected chi connectivity index (χ2v) is 9.16. The molecular weight excluding hydrogens is 412 g/mol. The van der Waals surface area contributed by atoms with Crippen LogP contribution < -0.4 is 5.32 Å². The zero-order valence-electron chi connectivity index (χ0n) is 17.7. The second kappa shape index (κ2) is 9.51. The van der Waals surface area contributed by atoms with Gasteiger partial charge in [0.2, 0.25) is 5.91 Å². The summed E-state index contributed by atoms with van der Waals surface area (Å²) < 4.78 is 7.55. The van der Waals surface area contributed by atoms with Crippen molar-refractivity contribution in [2.45, 2.75) is 50.7 Å². The second-order valence-electron chi connectivity index (χ2n) is 8.22. The number of furan rings is 1. The van der Waals surface area contributed by atoms with Gasteiger partial charge in [-0.15, -0.1) is 10.2 Å². The molecule has 1 aliphatic rings.